The Balaban J connectivity index is 1.79. The summed E-state index contributed by atoms with van der Waals surface area (Å²) in [4.78, 5) is 16.1. The van der Waals surface area contributed by atoms with Crippen molar-refractivity contribution < 1.29 is 4.79 Å². The first-order valence-corrected chi connectivity index (χ1v) is 8.25. The molecule has 1 amide bonds. The summed E-state index contributed by atoms with van der Waals surface area (Å²) in [6.45, 7) is 3.56. The molecule has 0 saturated carbocycles. The Labute approximate surface area is 129 Å². The number of carbonyl (C=O) groups excluding carboxylic acids is 1. The minimum atomic E-state index is 0.124. The summed E-state index contributed by atoms with van der Waals surface area (Å²) >= 11 is 1.80. The van der Waals surface area contributed by atoms with Crippen LogP contribution in [0.3, 0.4) is 0 Å². The van der Waals surface area contributed by atoms with Crippen molar-refractivity contribution in [3.8, 4) is 0 Å². The van der Waals surface area contributed by atoms with Gasteiger partial charge in [0.15, 0.2) is 0 Å². The zero-order valence-corrected chi connectivity index (χ0v) is 13.0. The molecule has 3 rings (SSSR count). The maximum absolute atomic E-state index is 12.7. The third kappa shape index (κ3) is 2.74. The minimum absolute atomic E-state index is 0.124. The van der Waals surface area contributed by atoms with Crippen molar-refractivity contribution in [2.24, 2.45) is 5.73 Å². The van der Waals surface area contributed by atoms with E-state index in [1.54, 1.807) is 11.3 Å². The van der Waals surface area contributed by atoms with E-state index in [0.717, 1.165) is 24.9 Å². The summed E-state index contributed by atoms with van der Waals surface area (Å²) in [6, 6.07) is 10.2. The van der Waals surface area contributed by atoms with Crippen molar-refractivity contribution in [3.63, 3.8) is 0 Å². The Morgan fingerprint density at radius 1 is 1.33 bits per heavy atom. The molecule has 1 unspecified atom stereocenters. The van der Waals surface area contributed by atoms with Gasteiger partial charge in [-0.2, -0.15) is 0 Å². The molecule has 110 valence electrons. The molecule has 1 aromatic heterocycles. The molecule has 2 heterocycles. The lowest BCUT2D eigenvalue weighted by Crippen LogP contribution is -2.38. The van der Waals surface area contributed by atoms with Gasteiger partial charge in [0.2, 0.25) is 0 Å². The Hall–Kier alpha value is -1.65. The number of nitrogens with zero attached hydrogens (tertiary/aromatic N) is 1. The summed E-state index contributed by atoms with van der Waals surface area (Å²) in [5.41, 5.74) is 8.81. The predicted molar refractivity (Wildman–Crippen MR) is 86.7 cm³/mol. The van der Waals surface area contributed by atoms with Gasteiger partial charge in [0.05, 0.1) is 6.04 Å². The van der Waals surface area contributed by atoms with Gasteiger partial charge in [-0.3, -0.25) is 4.79 Å². The fourth-order valence-electron chi connectivity index (χ4n) is 2.93. The van der Waals surface area contributed by atoms with Gasteiger partial charge < -0.3 is 10.6 Å². The standard InChI is InChI=1S/C17H20N2OS/c1-12-15-8-11-21-16(15)7-10-19(12)17(20)14-4-2-13(3-5-14)6-9-18/h2-5,8,11-12H,6-7,9-10,18H2,1H3. The summed E-state index contributed by atoms with van der Waals surface area (Å²) in [5, 5.41) is 2.12. The minimum Gasteiger partial charge on any atom is -0.331 e. The number of benzene rings is 1. The average molecular weight is 300 g/mol. The summed E-state index contributed by atoms with van der Waals surface area (Å²) in [6.07, 6.45) is 1.82. The number of fused-ring (bicyclic) bond motifs is 1. The van der Waals surface area contributed by atoms with E-state index < -0.39 is 0 Å². The van der Waals surface area contributed by atoms with Gasteiger partial charge in [-0.25, -0.2) is 0 Å². The second-order valence-electron chi connectivity index (χ2n) is 5.46. The molecule has 1 aromatic carbocycles. The monoisotopic (exact) mass is 300 g/mol. The topological polar surface area (TPSA) is 46.3 Å². The second kappa shape index (κ2) is 6.00. The maximum Gasteiger partial charge on any atom is 0.254 e. The lowest BCUT2D eigenvalue weighted by molar-refractivity contribution is 0.0679. The summed E-state index contributed by atoms with van der Waals surface area (Å²) in [5.74, 6) is 0.124. The van der Waals surface area contributed by atoms with Gasteiger partial charge in [0, 0.05) is 17.0 Å². The number of thiophene rings is 1. The van der Waals surface area contributed by atoms with E-state index in [0.29, 0.717) is 6.54 Å². The fourth-order valence-corrected chi connectivity index (χ4v) is 3.90. The van der Waals surface area contributed by atoms with Crippen LogP contribution in [-0.2, 0) is 12.8 Å². The lowest BCUT2D eigenvalue weighted by atomic mass is 10.00. The van der Waals surface area contributed by atoms with Crippen molar-refractivity contribution in [2.45, 2.75) is 25.8 Å². The number of rotatable bonds is 3. The van der Waals surface area contributed by atoms with Crippen LogP contribution in [0, 0.1) is 0 Å². The van der Waals surface area contributed by atoms with Crippen LogP contribution >= 0.6 is 11.3 Å². The molecule has 21 heavy (non-hydrogen) atoms. The van der Waals surface area contributed by atoms with Gasteiger partial charge in [-0.15, -0.1) is 11.3 Å². The van der Waals surface area contributed by atoms with Crippen LogP contribution in [-0.4, -0.2) is 23.9 Å². The molecule has 0 spiro atoms. The average Bonchev–Trinajstić information content (AvgIpc) is 2.98. The Bertz CT molecular complexity index is 632. The van der Waals surface area contributed by atoms with Crippen molar-refractivity contribution in [1.29, 1.82) is 0 Å². The second-order valence-corrected chi connectivity index (χ2v) is 6.46. The molecule has 2 N–H and O–H groups in total. The molecule has 0 radical (unpaired) electrons. The van der Waals surface area contributed by atoms with Crippen LogP contribution in [0.2, 0.25) is 0 Å². The highest BCUT2D eigenvalue weighted by molar-refractivity contribution is 7.10. The van der Waals surface area contributed by atoms with Crippen molar-refractivity contribution in [1.82, 2.24) is 4.90 Å². The highest BCUT2D eigenvalue weighted by Gasteiger charge is 2.28. The number of nitrogens with two attached hydrogens (primary N) is 1. The highest BCUT2D eigenvalue weighted by Crippen LogP contribution is 2.33. The van der Waals surface area contributed by atoms with Gasteiger partial charge in [0.25, 0.3) is 5.91 Å². The van der Waals surface area contributed by atoms with Crippen LogP contribution in [0.4, 0.5) is 0 Å². The van der Waals surface area contributed by atoms with E-state index in [4.69, 9.17) is 5.73 Å². The normalized spacial score (nSPS) is 17.6. The van der Waals surface area contributed by atoms with Gasteiger partial charge in [-0.05, 0) is 61.0 Å². The maximum atomic E-state index is 12.7. The van der Waals surface area contributed by atoms with Crippen molar-refractivity contribution in [3.05, 3.63) is 57.3 Å². The number of amides is 1. The van der Waals surface area contributed by atoms with Gasteiger partial charge in [-0.1, -0.05) is 12.1 Å². The molecule has 2 aromatic rings. The number of hydrogen-bond acceptors (Lipinski definition) is 3. The Kier molecular flexibility index (Phi) is 4.08. The number of hydrogen-bond donors (Lipinski definition) is 1. The predicted octanol–water partition coefficient (Wildman–Crippen LogP) is 3.01. The van der Waals surface area contributed by atoms with Crippen LogP contribution in [0.1, 0.15) is 39.3 Å². The molecule has 3 nitrogen and oxygen atoms in total. The molecule has 1 aliphatic heterocycles. The van der Waals surface area contributed by atoms with Crippen LogP contribution in [0.15, 0.2) is 35.7 Å². The van der Waals surface area contributed by atoms with E-state index in [2.05, 4.69) is 18.4 Å². The quantitative estimate of drug-likeness (QED) is 0.947. The van der Waals surface area contributed by atoms with Crippen molar-refractivity contribution >= 4 is 17.2 Å². The molecule has 0 saturated heterocycles. The van der Waals surface area contributed by atoms with E-state index in [9.17, 15) is 4.79 Å². The number of carbonyl (C=O) groups is 1. The van der Waals surface area contributed by atoms with E-state index in [1.807, 2.05) is 29.2 Å². The first kappa shape index (κ1) is 14.3. The first-order chi connectivity index (χ1) is 10.2. The van der Waals surface area contributed by atoms with E-state index in [-0.39, 0.29) is 11.9 Å². The lowest BCUT2D eigenvalue weighted by Gasteiger charge is -2.33. The van der Waals surface area contributed by atoms with Gasteiger partial charge in [0.1, 0.15) is 0 Å². The molecular weight excluding hydrogens is 280 g/mol. The zero-order valence-electron chi connectivity index (χ0n) is 12.2. The van der Waals surface area contributed by atoms with E-state index >= 15 is 0 Å². The highest BCUT2D eigenvalue weighted by atomic mass is 32.1. The summed E-state index contributed by atoms with van der Waals surface area (Å²) in [7, 11) is 0. The SMILES string of the molecule is CC1c2ccsc2CCN1C(=O)c1ccc(CCN)cc1. The molecule has 0 bridgehead atoms. The van der Waals surface area contributed by atoms with Gasteiger partial charge >= 0.3 is 0 Å². The molecular formula is C17H20N2OS. The third-order valence-electron chi connectivity index (χ3n) is 4.17. The molecule has 0 fully saturated rings. The third-order valence-corrected chi connectivity index (χ3v) is 5.17. The molecule has 1 atom stereocenters. The molecule has 4 heteroatoms. The fraction of sp³-hybridized carbons (Fsp3) is 0.353. The van der Waals surface area contributed by atoms with Crippen LogP contribution < -0.4 is 5.73 Å². The zero-order chi connectivity index (χ0) is 14.8. The largest absolute Gasteiger partial charge is 0.331 e. The molecule has 0 aliphatic carbocycles. The Morgan fingerprint density at radius 3 is 2.81 bits per heavy atom. The van der Waals surface area contributed by atoms with E-state index in [1.165, 1.54) is 16.0 Å². The van der Waals surface area contributed by atoms with Crippen LogP contribution in [0.5, 0.6) is 0 Å². The smallest absolute Gasteiger partial charge is 0.254 e. The molecule has 1 aliphatic rings. The Morgan fingerprint density at radius 2 is 2.10 bits per heavy atom. The van der Waals surface area contributed by atoms with Crippen LogP contribution in [0.25, 0.3) is 0 Å². The van der Waals surface area contributed by atoms with Crippen molar-refractivity contribution in [2.75, 3.05) is 13.1 Å². The first-order valence-electron chi connectivity index (χ1n) is 7.37. The summed E-state index contributed by atoms with van der Waals surface area (Å²) < 4.78 is 0.